The fourth-order valence-electron chi connectivity index (χ4n) is 3.76. The number of methoxy groups -OCH3 is 2. The maximum absolute atomic E-state index is 13.0. The predicted molar refractivity (Wildman–Crippen MR) is 132 cm³/mol. The highest BCUT2D eigenvalue weighted by atomic mass is 35.5. The van der Waals surface area contributed by atoms with Gasteiger partial charge in [0.15, 0.2) is 0 Å². The summed E-state index contributed by atoms with van der Waals surface area (Å²) in [7, 11) is 3.17. The minimum absolute atomic E-state index is 0.251. The van der Waals surface area contributed by atoms with E-state index < -0.39 is 12.0 Å². The zero-order chi connectivity index (χ0) is 24.2. The number of ether oxygens (including phenoxy) is 3. The molecule has 34 heavy (non-hydrogen) atoms. The van der Waals surface area contributed by atoms with E-state index in [0.29, 0.717) is 50.2 Å². The van der Waals surface area contributed by atoms with Gasteiger partial charge in [-0.15, -0.1) is 5.10 Å². The number of carbonyl (C=O) groups excluding carboxylic acids is 1. The van der Waals surface area contributed by atoms with E-state index in [4.69, 9.17) is 30.9 Å². The molecule has 8 nitrogen and oxygen atoms in total. The number of nitrogens with one attached hydrogen (secondary N) is 1. The molecule has 10 heteroatoms. The summed E-state index contributed by atoms with van der Waals surface area (Å²) in [5.74, 6) is 1.91. The first-order chi connectivity index (χ1) is 16.5. The Kier molecular flexibility index (Phi) is 7.33. The van der Waals surface area contributed by atoms with E-state index in [-0.39, 0.29) is 6.61 Å². The van der Waals surface area contributed by atoms with Crippen molar-refractivity contribution in [3.63, 3.8) is 0 Å². The van der Waals surface area contributed by atoms with Crippen molar-refractivity contribution in [1.29, 1.82) is 0 Å². The summed E-state index contributed by atoms with van der Waals surface area (Å²) in [5.41, 5.74) is 2.76. The number of anilines is 1. The molecule has 1 N–H and O–H groups in total. The molecule has 1 aromatic heterocycles. The third kappa shape index (κ3) is 4.71. The Bertz CT molecular complexity index is 1240. The van der Waals surface area contributed by atoms with Crippen molar-refractivity contribution in [1.82, 2.24) is 14.8 Å². The highest BCUT2D eigenvalue weighted by Gasteiger charge is 2.37. The summed E-state index contributed by atoms with van der Waals surface area (Å²) in [5, 5.41) is 9.18. The molecule has 4 rings (SSSR count). The first-order valence-corrected chi connectivity index (χ1v) is 12.0. The fourth-order valence-corrected chi connectivity index (χ4v) is 4.88. The van der Waals surface area contributed by atoms with Crippen LogP contribution in [0.15, 0.2) is 58.9 Å². The number of halogens is 1. The highest BCUT2D eigenvalue weighted by Crippen LogP contribution is 2.41. The standard InChI is InChI=1S/C24H25ClN4O4S/c1-5-33-22(30)20-14(2)26-23-27-24(34-13-15-8-6-7-9-18(15)25)28-29(23)21(20)17-12-16(31-3)10-11-19(17)32-4/h6-12,21H,5,13H2,1-4H3,(H,26,27,28). The van der Waals surface area contributed by atoms with E-state index in [0.717, 1.165) is 5.56 Å². The third-order valence-corrected chi connectivity index (χ3v) is 6.63. The average Bonchev–Trinajstić information content (AvgIpc) is 3.24. The van der Waals surface area contributed by atoms with Gasteiger partial charge < -0.3 is 19.5 Å². The van der Waals surface area contributed by atoms with Crippen LogP contribution < -0.4 is 14.8 Å². The number of aromatic nitrogens is 3. The number of nitrogens with zero attached hydrogens (tertiary/aromatic N) is 3. The second kappa shape index (κ2) is 10.4. The number of esters is 1. The van der Waals surface area contributed by atoms with Crippen molar-refractivity contribution in [2.24, 2.45) is 0 Å². The number of hydrogen-bond acceptors (Lipinski definition) is 8. The van der Waals surface area contributed by atoms with E-state index in [2.05, 4.69) is 10.3 Å². The normalized spacial score (nSPS) is 14.9. The number of rotatable bonds is 8. The molecule has 0 spiro atoms. The van der Waals surface area contributed by atoms with Gasteiger partial charge in [-0.1, -0.05) is 41.6 Å². The summed E-state index contributed by atoms with van der Waals surface area (Å²) in [6.07, 6.45) is 0. The van der Waals surface area contributed by atoms with Gasteiger partial charge in [0.2, 0.25) is 11.1 Å². The van der Waals surface area contributed by atoms with Gasteiger partial charge in [-0.2, -0.15) is 4.98 Å². The lowest BCUT2D eigenvalue weighted by Gasteiger charge is -2.29. The maximum Gasteiger partial charge on any atom is 0.338 e. The molecule has 0 saturated carbocycles. The van der Waals surface area contributed by atoms with Gasteiger partial charge in [-0.05, 0) is 43.7 Å². The summed E-state index contributed by atoms with van der Waals surface area (Å²) in [6.45, 7) is 3.84. The molecule has 0 amide bonds. The Morgan fingerprint density at radius 1 is 1.21 bits per heavy atom. The molecular formula is C24H25ClN4O4S. The van der Waals surface area contributed by atoms with Crippen molar-refractivity contribution in [2.45, 2.75) is 30.8 Å². The minimum Gasteiger partial charge on any atom is -0.497 e. The van der Waals surface area contributed by atoms with Gasteiger partial charge in [0.25, 0.3) is 0 Å². The molecule has 0 radical (unpaired) electrons. The first kappa shape index (κ1) is 24.0. The maximum atomic E-state index is 13.0. The highest BCUT2D eigenvalue weighted by molar-refractivity contribution is 7.98. The molecule has 1 atom stereocenters. The Morgan fingerprint density at radius 3 is 2.71 bits per heavy atom. The molecule has 0 bridgehead atoms. The van der Waals surface area contributed by atoms with E-state index in [1.807, 2.05) is 37.3 Å². The lowest BCUT2D eigenvalue weighted by Crippen LogP contribution is -2.30. The van der Waals surface area contributed by atoms with Crippen molar-refractivity contribution in [3.05, 3.63) is 69.9 Å². The summed E-state index contributed by atoms with van der Waals surface area (Å²) in [4.78, 5) is 17.7. The Balaban J connectivity index is 1.78. The first-order valence-electron chi connectivity index (χ1n) is 10.7. The summed E-state index contributed by atoms with van der Waals surface area (Å²) < 4.78 is 18.1. The molecule has 1 aliphatic heterocycles. The Morgan fingerprint density at radius 2 is 2.00 bits per heavy atom. The van der Waals surface area contributed by atoms with Gasteiger partial charge in [-0.3, -0.25) is 0 Å². The van der Waals surface area contributed by atoms with E-state index in [1.54, 1.807) is 38.0 Å². The smallest absolute Gasteiger partial charge is 0.338 e. The summed E-state index contributed by atoms with van der Waals surface area (Å²) >= 11 is 7.76. The van der Waals surface area contributed by atoms with Crippen LogP contribution in [0.3, 0.4) is 0 Å². The van der Waals surface area contributed by atoms with Crippen molar-refractivity contribution >= 4 is 35.3 Å². The van der Waals surface area contributed by atoms with Gasteiger partial charge in [0.1, 0.15) is 17.5 Å². The minimum atomic E-state index is -0.623. The molecule has 1 unspecified atom stereocenters. The number of allylic oxidation sites excluding steroid dienone is 1. The van der Waals surface area contributed by atoms with E-state index >= 15 is 0 Å². The molecule has 178 valence electrons. The van der Waals surface area contributed by atoms with Crippen LogP contribution in [0.1, 0.15) is 31.0 Å². The van der Waals surface area contributed by atoms with E-state index in [1.165, 1.54) is 11.8 Å². The van der Waals surface area contributed by atoms with Crippen molar-refractivity contribution in [3.8, 4) is 11.5 Å². The van der Waals surface area contributed by atoms with Crippen LogP contribution in [0.5, 0.6) is 11.5 Å². The second-order valence-electron chi connectivity index (χ2n) is 7.44. The van der Waals surface area contributed by atoms with Gasteiger partial charge >= 0.3 is 5.97 Å². The molecule has 0 fully saturated rings. The van der Waals surface area contributed by atoms with Crippen LogP contribution in [0.25, 0.3) is 0 Å². The molecular weight excluding hydrogens is 476 g/mol. The third-order valence-electron chi connectivity index (χ3n) is 5.37. The molecule has 0 saturated heterocycles. The Hall–Kier alpha value is -3.17. The SMILES string of the molecule is CCOC(=O)C1=C(C)Nc2nc(SCc3ccccc3Cl)nn2C1c1cc(OC)ccc1OC. The lowest BCUT2D eigenvalue weighted by molar-refractivity contribution is -0.139. The molecule has 0 aliphatic carbocycles. The van der Waals surface area contributed by atoms with Gasteiger partial charge in [0, 0.05) is 22.0 Å². The van der Waals surface area contributed by atoms with Gasteiger partial charge in [0.05, 0.1) is 26.4 Å². The quantitative estimate of drug-likeness (QED) is 0.338. The molecule has 1 aliphatic rings. The average molecular weight is 501 g/mol. The number of benzene rings is 2. The van der Waals surface area contributed by atoms with Crippen LogP contribution in [-0.4, -0.2) is 41.6 Å². The van der Waals surface area contributed by atoms with Crippen LogP contribution in [0.4, 0.5) is 5.95 Å². The largest absolute Gasteiger partial charge is 0.497 e. The number of fused-ring (bicyclic) bond motifs is 1. The fraction of sp³-hybridized carbons (Fsp3) is 0.292. The summed E-state index contributed by atoms with van der Waals surface area (Å²) in [6, 6.07) is 12.5. The van der Waals surface area contributed by atoms with Crippen LogP contribution in [-0.2, 0) is 15.3 Å². The lowest BCUT2D eigenvalue weighted by atomic mass is 9.94. The number of thioether (sulfide) groups is 1. The zero-order valence-corrected chi connectivity index (χ0v) is 20.9. The van der Waals surface area contributed by atoms with Crippen LogP contribution in [0, 0.1) is 0 Å². The number of hydrogen-bond donors (Lipinski definition) is 1. The predicted octanol–water partition coefficient (Wildman–Crippen LogP) is 5.09. The van der Waals surface area contributed by atoms with Crippen LogP contribution in [0.2, 0.25) is 5.02 Å². The van der Waals surface area contributed by atoms with Crippen molar-refractivity contribution < 1.29 is 19.0 Å². The van der Waals surface area contributed by atoms with Crippen molar-refractivity contribution in [2.75, 3.05) is 26.1 Å². The van der Waals surface area contributed by atoms with Gasteiger partial charge in [-0.25, -0.2) is 9.48 Å². The van der Waals surface area contributed by atoms with E-state index in [9.17, 15) is 4.79 Å². The monoisotopic (exact) mass is 500 g/mol. The van der Waals surface area contributed by atoms with Crippen LogP contribution >= 0.6 is 23.4 Å². The number of carbonyl (C=O) groups is 1. The topological polar surface area (TPSA) is 87.5 Å². The molecule has 3 aromatic rings. The molecule has 2 aromatic carbocycles. The zero-order valence-electron chi connectivity index (χ0n) is 19.3. The molecule has 2 heterocycles. The second-order valence-corrected chi connectivity index (χ2v) is 8.79. The Labute approximate surface area is 207 Å².